The summed E-state index contributed by atoms with van der Waals surface area (Å²) >= 11 is 0. The van der Waals surface area contributed by atoms with Gasteiger partial charge in [-0.3, -0.25) is 0 Å². The molecule has 2 nitrogen and oxygen atoms in total. The Kier molecular flexibility index (Phi) is 2.37. The highest BCUT2D eigenvalue weighted by molar-refractivity contribution is 4.93. The Morgan fingerprint density at radius 2 is 2.33 bits per heavy atom. The van der Waals surface area contributed by atoms with Crippen LogP contribution in [0.15, 0.2) is 0 Å². The second-order valence-electron chi connectivity index (χ2n) is 4.35. The standard InChI is InChI=1S/C10H20N2/c1-3-9-6-8-4-5-12(2)10(8)7-11-9/h8-11H,3-7H2,1-2H3. The molecule has 3 atom stereocenters. The Labute approximate surface area is 75.3 Å². The van der Waals surface area contributed by atoms with Gasteiger partial charge in [0.05, 0.1) is 0 Å². The minimum absolute atomic E-state index is 0.803. The molecule has 12 heavy (non-hydrogen) atoms. The van der Waals surface area contributed by atoms with E-state index in [0.717, 1.165) is 18.0 Å². The van der Waals surface area contributed by atoms with Gasteiger partial charge in [-0.15, -0.1) is 0 Å². The molecule has 2 heteroatoms. The predicted molar refractivity (Wildman–Crippen MR) is 51.2 cm³/mol. The maximum atomic E-state index is 3.63. The lowest BCUT2D eigenvalue weighted by Crippen LogP contribution is -2.49. The van der Waals surface area contributed by atoms with Gasteiger partial charge in [-0.2, -0.15) is 0 Å². The van der Waals surface area contributed by atoms with Crippen LogP contribution >= 0.6 is 0 Å². The van der Waals surface area contributed by atoms with E-state index in [0.29, 0.717) is 0 Å². The number of nitrogens with one attached hydrogen (secondary N) is 1. The van der Waals surface area contributed by atoms with Gasteiger partial charge in [0.25, 0.3) is 0 Å². The second kappa shape index (κ2) is 3.35. The first-order valence-corrected chi connectivity index (χ1v) is 5.25. The van der Waals surface area contributed by atoms with Crippen LogP contribution in [-0.4, -0.2) is 37.1 Å². The van der Waals surface area contributed by atoms with Crippen LogP contribution in [0, 0.1) is 5.92 Å². The van der Waals surface area contributed by atoms with Gasteiger partial charge in [0.1, 0.15) is 0 Å². The van der Waals surface area contributed by atoms with Gasteiger partial charge in [0.15, 0.2) is 0 Å². The summed E-state index contributed by atoms with van der Waals surface area (Å²) in [4.78, 5) is 2.52. The number of fused-ring (bicyclic) bond motifs is 1. The molecule has 0 aliphatic carbocycles. The molecule has 0 aromatic heterocycles. The highest BCUT2D eigenvalue weighted by Gasteiger charge is 2.36. The molecule has 0 radical (unpaired) electrons. The molecule has 0 spiro atoms. The van der Waals surface area contributed by atoms with E-state index >= 15 is 0 Å². The first-order valence-electron chi connectivity index (χ1n) is 5.25. The van der Waals surface area contributed by atoms with Gasteiger partial charge in [0.2, 0.25) is 0 Å². The van der Waals surface area contributed by atoms with Crippen LogP contribution in [-0.2, 0) is 0 Å². The fraction of sp³-hybridized carbons (Fsp3) is 1.00. The van der Waals surface area contributed by atoms with Crippen LogP contribution < -0.4 is 5.32 Å². The fourth-order valence-electron chi connectivity index (χ4n) is 2.73. The van der Waals surface area contributed by atoms with Crippen molar-refractivity contribution >= 4 is 0 Å². The molecule has 2 rings (SSSR count). The molecule has 2 saturated heterocycles. The summed E-state index contributed by atoms with van der Waals surface area (Å²) in [6.07, 6.45) is 4.14. The minimum atomic E-state index is 0.803. The Hall–Kier alpha value is -0.0800. The average Bonchev–Trinajstić information content (AvgIpc) is 2.47. The zero-order chi connectivity index (χ0) is 8.55. The van der Waals surface area contributed by atoms with Crippen molar-refractivity contribution in [2.24, 2.45) is 5.92 Å². The van der Waals surface area contributed by atoms with E-state index in [1.54, 1.807) is 0 Å². The average molecular weight is 168 g/mol. The third-order valence-electron chi connectivity index (χ3n) is 3.66. The summed E-state index contributed by atoms with van der Waals surface area (Å²) in [5.41, 5.74) is 0. The van der Waals surface area contributed by atoms with Crippen LogP contribution in [0.2, 0.25) is 0 Å². The summed E-state index contributed by atoms with van der Waals surface area (Å²) < 4.78 is 0. The normalized spacial score (nSPS) is 43.0. The molecule has 0 aromatic carbocycles. The van der Waals surface area contributed by atoms with Crippen molar-refractivity contribution in [3.8, 4) is 0 Å². The van der Waals surface area contributed by atoms with Crippen molar-refractivity contribution in [3.63, 3.8) is 0 Å². The molecule has 0 saturated carbocycles. The van der Waals surface area contributed by atoms with Crippen LogP contribution in [0.1, 0.15) is 26.2 Å². The van der Waals surface area contributed by atoms with Crippen molar-refractivity contribution in [1.82, 2.24) is 10.2 Å². The predicted octanol–water partition coefficient (Wildman–Crippen LogP) is 1.08. The van der Waals surface area contributed by atoms with Crippen molar-refractivity contribution in [1.29, 1.82) is 0 Å². The van der Waals surface area contributed by atoms with Crippen LogP contribution in [0.3, 0.4) is 0 Å². The van der Waals surface area contributed by atoms with Crippen molar-refractivity contribution in [2.45, 2.75) is 38.3 Å². The van der Waals surface area contributed by atoms with E-state index in [9.17, 15) is 0 Å². The Bertz CT molecular complexity index is 158. The number of hydrogen-bond donors (Lipinski definition) is 1. The number of piperidine rings is 1. The van der Waals surface area contributed by atoms with E-state index in [1.807, 2.05) is 0 Å². The lowest BCUT2D eigenvalue weighted by atomic mass is 9.88. The molecule has 0 bridgehead atoms. The maximum absolute atomic E-state index is 3.63. The van der Waals surface area contributed by atoms with Crippen molar-refractivity contribution in [3.05, 3.63) is 0 Å². The maximum Gasteiger partial charge on any atom is 0.0246 e. The topological polar surface area (TPSA) is 15.3 Å². The van der Waals surface area contributed by atoms with Crippen LogP contribution in [0.4, 0.5) is 0 Å². The quantitative estimate of drug-likeness (QED) is 0.630. The summed E-state index contributed by atoms with van der Waals surface area (Å²) in [6, 6.07) is 1.64. The lowest BCUT2D eigenvalue weighted by molar-refractivity contribution is 0.196. The van der Waals surface area contributed by atoms with Gasteiger partial charge in [0, 0.05) is 18.6 Å². The molecule has 2 aliphatic rings. The molecule has 2 heterocycles. The SMILES string of the molecule is CCC1CC2CCN(C)C2CN1. The second-order valence-corrected chi connectivity index (χ2v) is 4.35. The summed E-state index contributed by atoms with van der Waals surface area (Å²) in [5.74, 6) is 0.987. The molecule has 3 unspecified atom stereocenters. The number of likely N-dealkylation sites (N-methyl/N-ethyl adjacent to an activating group) is 1. The molecule has 2 aliphatic heterocycles. The first-order chi connectivity index (χ1) is 5.81. The largest absolute Gasteiger partial charge is 0.312 e. The molecular formula is C10H20N2. The van der Waals surface area contributed by atoms with E-state index in [4.69, 9.17) is 0 Å². The lowest BCUT2D eigenvalue weighted by Gasteiger charge is -2.35. The van der Waals surface area contributed by atoms with E-state index < -0.39 is 0 Å². The van der Waals surface area contributed by atoms with Crippen LogP contribution in [0.5, 0.6) is 0 Å². The molecular weight excluding hydrogens is 148 g/mol. The Balaban J connectivity index is 1.95. The number of hydrogen-bond acceptors (Lipinski definition) is 2. The summed E-state index contributed by atoms with van der Waals surface area (Å²) in [6.45, 7) is 4.82. The van der Waals surface area contributed by atoms with E-state index in [-0.39, 0.29) is 0 Å². The first kappa shape index (κ1) is 8.52. The zero-order valence-electron chi connectivity index (χ0n) is 8.21. The molecule has 1 N–H and O–H groups in total. The van der Waals surface area contributed by atoms with Crippen molar-refractivity contribution in [2.75, 3.05) is 20.1 Å². The van der Waals surface area contributed by atoms with Gasteiger partial charge in [-0.25, -0.2) is 0 Å². The molecule has 2 fully saturated rings. The van der Waals surface area contributed by atoms with Gasteiger partial charge in [-0.1, -0.05) is 6.92 Å². The minimum Gasteiger partial charge on any atom is -0.312 e. The Morgan fingerprint density at radius 3 is 3.08 bits per heavy atom. The zero-order valence-corrected chi connectivity index (χ0v) is 8.21. The van der Waals surface area contributed by atoms with Gasteiger partial charge >= 0.3 is 0 Å². The van der Waals surface area contributed by atoms with Crippen molar-refractivity contribution < 1.29 is 0 Å². The third-order valence-corrected chi connectivity index (χ3v) is 3.66. The summed E-state index contributed by atoms with van der Waals surface area (Å²) in [5, 5.41) is 3.63. The summed E-state index contributed by atoms with van der Waals surface area (Å²) in [7, 11) is 2.26. The third kappa shape index (κ3) is 1.38. The molecule has 0 aromatic rings. The van der Waals surface area contributed by atoms with Gasteiger partial charge in [-0.05, 0) is 38.8 Å². The molecule has 70 valence electrons. The highest BCUT2D eigenvalue weighted by atomic mass is 15.2. The monoisotopic (exact) mass is 168 g/mol. The molecule has 0 amide bonds. The van der Waals surface area contributed by atoms with E-state index in [2.05, 4.69) is 24.2 Å². The number of rotatable bonds is 1. The number of likely N-dealkylation sites (tertiary alicyclic amines) is 1. The number of nitrogens with zero attached hydrogens (tertiary/aromatic N) is 1. The van der Waals surface area contributed by atoms with Gasteiger partial charge < -0.3 is 10.2 Å². The Morgan fingerprint density at radius 1 is 1.50 bits per heavy atom. The fourth-order valence-corrected chi connectivity index (χ4v) is 2.73. The smallest absolute Gasteiger partial charge is 0.0246 e. The van der Waals surface area contributed by atoms with Crippen LogP contribution in [0.25, 0.3) is 0 Å². The van der Waals surface area contributed by atoms with E-state index in [1.165, 1.54) is 32.4 Å². The highest BCUT2D eigenvalue weighted by Crippen LogP contribution is 2.30.